The van der Waals surface area contributed by atoms with Gasteiger partial charge in [-0.2, -0.15) is 0 Å². The number of rotatable bonds is 6. The van der Waals surface area contributed by atoms with Gasteiger partial charge in [-0.3, -0.25) is 0 Å². The highest BCUT2D eigenvalue weighted by Gasteiger charge is 1.82. The lowest BCUT2D eigenvalue weighted by atomic mass is 10.1. The smallest absolute Gasteiger partial charge is 0.0353 e. The molecular formula is C11H22-2. The summed E-state index contributed by atoms with van der Waals surface area (Å²) in [7, 11) is 0. The Labute approximate surface area is 73.0 Å². The van der Waals surface area contributed by atoms with Crippen LogP contribution in [0.15, 0.2) is 25.3 Å². The van der Waals surface area contributed by atoms with Gasteiger partial charge in [0.1, 0.15) is 0 Å². The van der Waals surface area contributed by atoms with Crippen LogP contribution in [0.5, 0.6) is 0 Å². The van der Waals surface area contributed by atoms with E-state index in [1.54, 1.807) is 0 Å². The maximum atomic E-state index is 3.66. The summed E-state index contributed by atoms with van der Waals surface area (Å²) in [5.74, 6) is 0. The normalized spacial score (nSPS) is 7.27. The van der Waals surface area contributed by atoms with Crippen molar-refractivity contribution in [2.45, 2.75) is 32.1 Å². The Bertz CT molecular complexity index is 62.1. The second-order valence-corrected chi connectivity index (χ2v) is 2.22. The van der Waals surface area contributed by atoms with Crippen molar-refractivity contribution in [3.63, 3.8) is 0 Å². The third-order valence-corrected chi connectivity index (χ3v) is 1.32. The second kappa shape index (κ2) is 16.2. The molecule has 0 aliphatic rings. The fraction of sp³-hybridized carbons (Fsp3) is 0.455. The lowest BCUT2D eigenvalue weighted by molar-refractivity contribution is 0.697. The molecule has 0 aromatic heterocycles. The second-order valence-electron chi connectivity index (χ2n) is 2.22. The Morgan fingerprint density at radius 3 is 1.36 bits per heavy atom. The van der Waals surface area contributed by atoms with Crippen LogP contribution in [0.3, 0.4) is 0 Å². The van der Waals surface area contributed by atoms with E-state index < -0.39 is 0 Å². The fourth-order valence-corrected chi connectivity index (χ4v) is 0.754. The van der Waals surface area contributed by atoms with Gasteiger partial charge in [-0.25, -0.2) is 0 Å². The Balaban J connectivity index is -0.000000320. The molecule has 0 nitrogen and oxygen atoms in total. The van der Waals surface area contributed by atoms with Gasteiger partial charge in [0.2, 0.25) is 0 Å². The molecule has 0 amide bonds. The average molecular weight is 154 g/mol. The Kier molecular flexibility index (Phi) is 24.8. The van der Waals surface area contributed by atoms with Crippen LogP contribution in [-0.4, -0.2) is 0 Å². The van der Waals surface area contributed by atoms with Crippen molar-refractivity contribution in [2.24, 2.45) is 0 Å². The van der Waals surface area contributed by atoms with Crippen LogP contribution >= 0.6 is 0 Å². The van der Waals surface area contributed by atoms with Gasteiger partial charge in [0.15, 0.2) is 0 Å². The van der Waals surface area contributed by atoms with Crippen LogP contribution in [-0.2, 0) is 0 Å². The zero-order valence-corrected chi connectivity index (χ0v) is 8.10. The van der Waals surface area contributed by atoms with E-state index >= 15 is 0 Å². The minimum atomic E-state index is 0. The van der Waals surface area contributed by atoms with Gasteiger partial charge in [-0.05, 0) is 25.7 Å². The third-order valence-electron chi connectivity index (χ3n) is 1.32. The molecule has 0 spiro atoms. The molecule has 0 bridgehead atoms. The molecule has 0 aromatic carbocycles. The van der Waals surface area contributed by atoms with Crippen molar-refractivity contribution in [2.75, 3.05) is 0 Å². The zero-order chi connectivity index (χ0) is 6.95. The predicted molar refractivity (Wildman–Crippen MR) is 56.3 cm³/mol. The summed E-state index contributed by atoms with van der Waals surface area (Å²) in [6.07, 6.45) is 10.2. The van der Waals surface area contributed by atoms with E-state index in [1.165, 1.54) is 19.3 Å². The third kappa shape index (κ3) is 17.7. The van der Waals surface area contributed by atoms with Gasteiger partial charge < -0.3 is 14.9 Å². The van der Waals surface area contributed by atoms with Gasteiger partial charge in [0.25, 0.3) is 0 Å². The van der Waals surface area contributed by atoms with Gasteiger partial charge in [-0.1, -0.05) is 18.6 Å². The molecule has 0 rings (SSSR count). The van der Waals surface area contributed by atoms with Crippen molar-refractivity contribution >= 4 is 0 Å². The molecule has 0 heterocycles. The summed E-state index contributed by atoms with van der Waals surface area (Å²) < 4.78 is 0. The molecule has 0 saturated heterocycles. The first-order chi connectivity index (χ1) is 4.41. The number of allylic oxidation sites excluding steroid dienone is 2. The molecule has 0 aliphatic carbocycles. The molecule has 0 radical (unpaired) electrons. The van der Waals surface area contributed by atoms with E-state index in [4.69, 9.17) is 0 Å². The Hall–Kier alpha value is -0.520. The van der Waals surface area contributed by atoms with Crippen LogP contribution in [0, 0.1) is 14.9 Å². The van der Waals surface area contributed by atoms with Crippen molar-refractivity contribution in [1.29, 1.82) is 0 Å². The van der Waals surface area contributed by atoms with E-state index in [2.05, 4.69) is 13.2 Å². The van der Waals surface area contributed by atoms with Crippen molar-refractivity contribution in [1.82, 2.24) is 0 Å². The first-order valence-electron chi connectivity index (χ1n) is 3.63. The molecule has 0 fully saturated rings. The Morgan fingerprint density at radius 1 is 0.727 bits per heavy atom. The Morgan fingerprint density at radius 2 is 1.09 bits per heavy atom. The van der Waals surface area contributed by atoms with Crippen molar-refractivity contribution < 1.29 is 0 Å². The monoisotopic (exact) mass is 154 g/mol. The lowest BCUT2D eigenvalue weighted by Gasteiger charge is -1.92. The van der Waals surface area contributed by atoms with E-state index in [-0.39, 0.29) is 14.9 Å². The van der Waals surface area contributed by atoms with Crippen LogP contribution in [0.25, 0.3) is 0 Å². The van der Waals surface area contributed by atoms with Crippen LogP contribution < -0.4 is 0 Å². The highest BCUT2D eigenvalue weighted by molar-refractivity contribution is 4.68. The maximum absolute atomic E-state index is 3.66. The van der Waals surface area contributed by atoms with Gasteiger partial charge in [-0.15, -0.1) is 13.2 Å². The topological polar surface area (TPSA) is 0 Å². The molecule has 0 aliphatic heterocycles. The van der Waals surface area contributed by atoms with E-state index in [1.807, 2.05) is 12.2 Å². The molecule has 0 unspecified atom stereocenters. The van der Waals surface area contributed by atoms with E-state index in [0.29, 0.717) is 0 Å². The van der Waals surface area contributed by atoms with Crippen LogP contribution in [0.4, 0.5) is 0 Å². The largest absolute Gasteiger partial charge is 0.358 e. The number of hydrogen-bond acceptors (Lipinski definition) is 0. The standard InChI is InChI=1S/C9H16.2CH3/c1-3-5-7-9-8-6-4-2;;/h3-4H,1-2,5-9H2;2*1H3/q;2*-1. The predicted octanol–water partition coefficient (Wildman–Crippen LogP) is 4.21. The van der Waals surface area contributed by atoms with Crippen molar-refractivity contribution in [3.05, 3.63) is 40.2 Å². The highest BCUT2D eigenvalue weighted by Crippen LogP contribution is 2.02. The summed E-state index contributed by atoms with van der Waals surface area (Å²) in [5, 5.41) is 0. The molecule has 68 valence electrons. The summed E-state index contributed by atoms with van der Waals surface area (Å²) in [4.78, 5) is 0. The summed E-state index contributed by atoms with van der Waals surface area (Å²) in [5.41, 5.74) is 0. The highest BCUT2D eigenvalue weighted by atomic mass is 13.9. The maximum Gasteiger partial charge on any atom is -0.0353 e. The molecule has 0 saturated carbocycles. The molecular weight excluding hydrogens is 132 g/mol. The van der Waals surface area contributed by atoms with Gasteiger partial charge in [0.05, 0.1) is 0 Å². The molecule has 0 aromatic rings. The minimum absolute atomic E-state index is 0. The molecule has 0 heteroatoms. The molecule has 0 atom stereocenters. The van der Waals surface area contributed by atoms with E-state index in [0.717, 1.165) is 12.8 Å². The number of unbranched alkanes of at least 4 members (excludes halogenated alkanes) is 4. The minimum Gasteiger partial charge on any atom is -0.358 e. The summed E-state index contributed by atoms with van der Waals surface area (Å²) in [6.45, 7) is 7.32. The first-order valence-corrected chi connectivity index (χ1v) is 3.63. The van der Waals surface area contributed by atoms with Gasteiger partial charge >= 0.3 is 0 Å². The molecule has 0 N–H and O–H groups in total. The first kappa shape index (κ1) is 16.8. The van der Waals surface area contributed by atoms with Crippen LogP contribution in [0.2, 0.25) is 0 Å². The van der Waals surface area contributed by atoms with Crippen molar-refractivity contribution in [3.8, 4) is 0 Å². The van der Waals surface area contributed by atoms with Crippen LogP contribution in [0.1, 0.15) is 32.1 Å². The SMILES string of the molecule is C=CCCCCCC=C.[CH3-].[CH3-]. The summed E-state index contributed by atoms with van der Waals surface area (Å²) >= 11 is 0. The van der Waals surface area contributed by atoms with E-state index in [9.17, 15) is 0 Å². The fourth-order valence-electron chi connectivity index (χ4n) is 0.754. The average Bonchev–Trinajstić information content (AvgIpc) is 1.89. The summed E-state index contributed by atoms with van der Waals surface area (Å²) in [6, 6.07) is 0. The zero-order valence-electron chi connectivity index (χ0n) is 8.10. The van der Waals surface area contributed by atoms with Gasteiger partial charge in [0, 0.05) is 0 Å². The quantitative estimate of drug-likeness (QED) is 0.305. The lowest BCUT2D eigenvalue weighted by Crippen LogP contribution is -1.72. The molecule has 11 heavy (non-hydrogen) atoms. The number of hydrogen-bond donors (Lipinski definition) is 0.